The van der Waals surface area contributed by atoms with Gasteiger partial charge in [-0.25, -0.2) is 22.2 Å². The third-order valence-corrected chi connectivity index (χ3v) is 6.61. The number of carbonyl (C=O) groups is 1. The van der Waals surface area contributed by atoms with Crippen molar-refractivity contribution < 1.29 is 26.7 Å². The molecule has 1 aromatic carbocycles. The first-order valence-corrected chi connectivity index (χ1v) is 10.6. The van der Waals surface area contributed by atoms with E-state index in [2.05, 4.69) is 4.98 Å². The Morgan fingerprint density at radius 1 is 1.14 bits per heavy atom. The second kappa shape index (κ2) is 8.60. The zero-order valence-corrected chi connectivity index (χ0v) is 17.0. The number of rotatable bonds is 5. The van der Waals surface area contributed by atoms with Gasteiger partial charge in [0.2, 0.25) is 15.9 Å². The van der Waals surface area contributed by atoms with Crippen molar-refractivity contribution in [3.63, 3.8) is 0 Å². The summed E-state index contributed by atoms with van der Waals surface area (Å²) in [6.45, 7) is 1.94. The number of benzene rings is 1. The molecule has 1 fully saturated rings. The number of pyridine rings is 1. The lowest BCUT2D eigenvalue weighted by Gasteiger charge is -2.34. The van der Waals surface area contributed by atoms with E-state index in [0.717, 1.165) is 22.5 Å². The zero-order chi connectivity index (χ0) is 21.2. The summed E-state index contributed by atoms with van der Waals surface area (Å²) in [6, 6.07) is 5.89. The summed E-state index contributed by atoms with van der Waals surface area (Å²) in [7, 11) is -4.38. The molecule has 2 heterocycles. The Morgan fingerprint density at radius 2 is 1.76 bits per heavy atom. The van der Waals surface area contributed by atoms with Crippen LogP contribution in [-0.2, 0) is 10.0 Å². The van der Waals surface area contributed by atoms with E-state index >= 15 is 0 Å². The van der Waals surface area contributed by atoms with Crippen LogP contribution in [0.4, 0.5) is 8.78 Å². The zero-order valence-electron chi connectivity index (χ0n) is 15.4. The quantitative estimate of drug-likeness (QED) is 0.706. The molecule has 0 N–H and O–H groups in total. The minimum absolute atomic E-state index is 0.00549. The fraction of sp³-hybridized carbons (Fsp3) is 0.333. The predicted molar refractivity (Wildman–Crippen MR) is 101 cm³/mol. The number of amides is 1. The maximum Gasteiger partial charge on any atom is 0.274 e. The normalized spacial score (nSPS) is 15.4. The van der Waals surface area contributed by atoms with Crippen LogP contribution in [0, 0.1) is 11.6 Å². The van der Waals surface area contributed by atoms with Crippen molar-refractivity contribution in [3.8, 4) is 5.88 Å². The summed E-state index contributed by atoms with van der Waals surface area (Å²) in [5.41, 5.74) is -0.00549. The number of nitrogens with zero attached hydrogens (tertiary/aromatic N) is 3. The predicted octanol–water partition coefficient (Wildman–Crippen LogP) is 2.56. The number of hydrogen-bond acceptors (Lipinski definition) is 5. The van der Waals surface area contributed by atoms with Crippen molar-refractivity contribution in [3.05, 3.63) is 52.7 Å². The van der Waals surface area contributed by atoms with E-state index in [4.69, 9.17) is 16.3 Å². The minimum atomic E-state index is -4.38. The van der Waals surface area contributed by atoms with Crippen molar-refractivity contribution >= 4 is 27.5 Å². The van der Waals surface area contributed by atoms with Crippen LogP contribution in [0.5, 0.6) is 5.88 Å². The van der Waals surface area contributed by atoms with Gasteiger partial charge in [-0.15, -0.1) is 0 Å². The first-order valence-electron chi connectivity index (χ1n) is 8.78. The van der Waals surface area contributed by atoms with Gasteiger partial charge < -0.3 is 9.64 Å². The first kappa shape index (κ1) is 21.4. The molecular formula is C18H18ClF2N3O4S. The molecule has 11 heteroatoms. The fourth-order valence-electron chi connectivity index (χ4n) is 2.94. The molecule has 0 saturated carbocycles. The summed E-state index contributed by atoms with van der Waals surface area (Å²) >= 11 is 6.07. The van der Waals surface area contributed by atoms with Gasteiger partial charge in [0, 0.05) is 32.2 Å². The van der Waals surface area contributed by atoms with Crippen molar-refractivity contribution in [1.82, 2.24) is 14.2 Å². The summed E-state index contributed by atoms with van der Waals surface area (Å²) in [4.78, 5) is 17.2. The van der Waals surface area contributed by atoms with Gasteiger partial charge in [0.1, 0.15) is 11.6 Å². The molecule has 2 aromatic rings. The summed E-state index contributed by atoms with van der Waals surface area (Å²) < 4.78 is 59.4. The number of sulfonamides is 1. The molecule has 29 heavy (non-hydrogen) atoms. The van der Waals surface area contributed by atoms with Crippen LogP contribution in [-0.4, -0.2) is 61.3 Å². The third-order valence-electron chi connectivity index (χ3n) is 4.36. The average molecular weight is 446 g/mol. The van der Waals surface area contributed by atoms with E-state index in [0.29, 0.717) is 6.61 Å². The number of ether oxygens (including phenoxy) is 1. The summed E-state index contributed by atoms with van der Waals surface area (Å²) in [5, 5.41) is 0.141. The highest BCUT2D eigenvalue weighted by atomic mass is 35.5. The van der Waals surface area contributed by atoms with Gasteiger partial charge >= 0.3 is 0 Å². The van der Waals surface area contributed by atoms with E-state index in [1.807, 2.05) is 0 Å². The lowest BCUT2D eigenvalue weighted by molar-refractivity contribution is 0.0690. The van der Waals surface area contributed by atoms with Gasteiger partial charge in [0.15, 0.2) is 10.6 Å². The van der Waals surface area contributed by atoms with E-state index in [-0.39, 0.29) is 42.8 Å². The highest BCUT2D eigenvalue weighted by molar-refractivity contribution is 7.89. The number of hydrogen-bond donors (Lipinski definition) is 0. The molecule has 7 nitrogen and oxygen atoms in total. The second-order valence-corrected chi connectivity index (χ2v) is 8.44. The monoisotopic (exact) mass is 445 g/mol. The highest BCUT2D eigenvalue weighted by Crippen LogP contribution is 2.25. The molecule has 1 aliphatic rings. The lowest BCUT2D eigenvalue weighted by Crippen LogP contribution is -2.50. The molecule has 1 saturated heterocycles. The molecule has 156 valence electrons. The van der Waals surface area contributed by atoms with Crippen molar-refractivity contribution in [2.24, 2.45) is 0 Å². The van der Waals surface area contributed by atoms with Crippen molar-refractivity contribution in [1.29, 1.82) is 0 Å². The molecular weight excluding hydrogens is 428 g/mol. The van der Waals surface area contributed by atoms with Gasteiger partial charge in [-0.3, -0.25) is 4.79 Å². The van der Waals surface area contributed by atoms with Crippen LogP contribution in [0.1, 0.15) is 17.4 Å². The van der Waals surface area contributed by atoms with Gasteiger partial charge in [-0.1, -0.05) is 17.7 Å². The molecule has 0 radical (unpaired) electrons. The van der Waals surface area contributed by atoms with E-state index in [1.54, 1.807) is 6.92 Å². The molecule has 1 aromatic heterocycles. The van der Waals surface area contributed by atoms with Gasteiger partial charge in [0.05, 0.1) is 11.6 Å². The number of piperazine rings is 1. The van der Waals surface area contributed by atoms with Crippen LogP contribution in [0.2, 0.25) is 5.02 Å². The van der Waals surface area contributed by atoms with E-state index < -0.39 is 32.5 Å². The Bertz CT molecular complexity index is 1010. The van der Waals surface area contributed by atoms with Crippen LogP contribution >= 0.6 is 11.6 Å². The highest BCUT2D eigenvalue weighted by Gasteiger charge is 2.34. The Hall–Kier alpha value is -2.30. The first-order chi connectivity index (χ1) is 13.8. The molecule has 0 spiro atoms. The van der Waals surface area contributed by atoms with Crippen LogP contribution in [0.3, 0.4) is 0 Å². The molecule has 0 atom stereocenters. The van der Waals surface area contributed by atoms with Crippen LogP contribution < -0.4 is 4.74 Å². The Morgan fingerprint density at radius 3 is 2.34 bits per heavy atom. The molecule has 3 rings (SSSR count). The molecule has 0 unspecified atom stereocenters. The van der Waals surface area contributed by atoms with Gasteiger partial charge in [-0.05, 0) is 25.1 Å². The average Bonchev–Trinajstić information content (AvgIpc) is 2.69. The summed E-state index contributed by atoms with van der Waals surface area (Å²) in [5.74, 6) is -2.55. The summed E-state index contributed by atoms with van der Waals surface area (Å²) in [6.07, 6.45) is 0. The number of carbonyl (C=O) groups excluding carboxylic acids is 1. The second-order valence-electron chi connectivity index (χ2n) is 6.16. The Balaban J connectivity index is 1.75. The van der Waals surface area contributed by atoms with Gasteiger partial charge in [0.25, 0.3) is 5.91 Å². The maximum absolute atomic E-state index is 13.9. The lowest BCUT2D eigenvalue weighted by atomic mass is 10.2. The Kier molecular flexibility index (Phi) is 6.35. The van der Waals surface area contributed by atoms with Crippen molar-refractivity contribution in [2.45, 2.75) is 11.8 Å². The third kappa shape index (κ3) is 4.34. The maximum atomic E-state index is 13.9. The molecule has 0 aliphatic carbocycles. The SMILES string of the molecule is CCOc1ccc(Cl)c(C(=O)N2CCN(S(=O)(=O)c3c(F)cccc3F)CC2)n1. The number of aromatic nitrogens is 1. The van der Waals surface area contributed by atoms with Crippen molar-refractivity contribution in [2.75, 3.05) is 32.8 Å². The molecule has 0 bridgehead atoms. The van der Waals surface area contributed by atoms with E-state index in [1.165, 1.54) is 17.0 Å². The molecule has 1 aliphatic heterocycles. The minimum Gasteiger partial charge on any atom is -0.478 e. The topological polar surface area (TPSA) is 79.8 Å². The van der Waals surface area contributed by atoms with Crippen LogP contribution in [0.25, 0.3) is 0 Å². The van der Waals surface area contributed by atoms with Crippen LogP contribution in [0.15, 0.2) is 35.2 Å². The standard InChI is InChI=1S/C18H18ClF2N3O4S/c1-2-28-15-7-6-12(19)16(22-15)18(25)23-8-10-24(11-9-23)29(26,27)17-13(20)4-3-5-14(17)21/h3-7H,2,8-11H2,1H3. The Labute approximate surface area is 171 Å². The van der Waals surface area contributed by atoms with Gasteiger partial charge in [-0.2, -0.15) is 4.31 Å². The largest absolute Gasteiger partial charge is 0.478 e. The van der Waals surface area contributed by atoms with E-state index in [9.17, 15) is 22.0 Å². The fourth-order valence-corrected chi connectivity index (χ4v) is 4.66. The smallest absolute Gasteiger partial charge is 0.274 e. The molecule has 1 amide bonds. The number of halogens is 3.